The highest BCUT2D eigenvalue weighted by atomic mass is 16.5. The molecule has 1 heterocycles. The summed E-state index contributed by atoms with van der Waals surface area (Å²) in [5.74, 6) is -1.16. The molecule has 0 bridgehead atoms. The Kier molecular flexibility index (Phi) is 7.07. The first-order chi connectivity index (χ1) is 11.2. The lowest BCUT2D eigenvalue weighted by Gasteiger charge is -2.30. The third-order valence-electron chi connectivity index (χ3n) is 4.18. The van der Waals surface area contributed by atoms with Crippen molar-refractivity contribution < 1.29 is 19.4 Å². The number of piperidine rings is 1. The minimum absolute atomic E-state index is 0.0441. The Morgan fingerprint density at radius 1 is 1.22 bits per heavy atom. The maximum Gasteiger partial charge on any atom is 0.308 e. The van der Waals surface area contributed by atoms with Gasteiger partial charge in [-0.05, 0) is 31.2 Å². The second-order valence-corrected chi connectivity index (χ2v) is 5.97. The maximum absolute atomic E-state index is 12.1. The molecule has 2 rings (SSSR count). The van der Waals surface area contributed by atoms with Crippen molar-refractivity contribution in [1.82, 2.24) is 4.90 Å². The molecule has 1 fully saturated rings. The van der Waals surface area contributed by atoms with Crippen molar-refractivity contribution in [2.45, 2.75) is 32.1 Å². The normalized spacial score (nSPS) is 17.9. The molecule has 0 aromatic heterocycles. The van der Waals surface area contributed by atoms with Crippen molar-refractivity contribution in [2.24, 2.45) is 5.92 Å². The maximum atomic E-state index is 12.1. The van der Waals surface area contributed by atoms with Crippen LogP contribution in [0, 0.1) is 5.92 Å². The molecule has 0 spiro atoms. The van der Waals surface area contributed by atoms with Gasteiger partial charge in [-0.1, -0.05) is 30.3 Å². The number of aliphatic carboxylic acids is 1. The number of carboxylic acids is 1. The molecule has 1 amide bonds. The van der Waals surface area contributed by atoms with E-state index in [0.29, 0.717) is 45.6 Å². The van der Waals surface area contributed by atoms with E-state index in [1.54, 1.807) is 4.90 Å². The molecule has 1 aromatic rings. The standard InChI is InChI=1S/C18H25NO4/c20-17(19-11-4-8-16(14-19)18(21)22)9-5-12-23-13-10-15-6-2-1-3-7-15/h1-3,6-7,16H,4-5,8-14H2,(H,21,22). The molecule has 1 atom stereocenters. The Bertz CT molecular complexity index is 503. The zero-order valence-electron chi connectivity index (χ0n) is 13.4. The number of carbonyl (C=O) groups is 2. The van der Waals surface area contributed by atoms with Crippen LogP contribution in [0.1, 0.15) is 31.2 Å². The molecule has 1 aromatic carbocycles. The van der Waals surface area contributed by atoms with E-state index in [0.717, 1.165) is 12.8 Å². The van der Waals surface area contributed by atoms with Crippen molar-refractivity contribution >= 4 is 11.9 Å². The zero-order valence-corrected chi connectivity index (χ0v) is 13.4. The monoisotopic (exact) mass is 319 g/mol. The van der Waals surface area contributed by atoms with Crippen LogP contribution < -0.4 is 0 Å². The van der Waals surface area contributed by atoms with E-state index >= 15 is 0 Å². The van der Waals surface area contributed by atoms with Crippen LogP contribution in [0.25, 0.3) is 0 Å². The fourth-order valence-corrected chi connectivity index (χ4v) is 2.83. The second-order valence-electron chi connectivity index (χ2n) is 5.97. The number of amides is 1. The van der Waals surface area contributed by atoms with Crippen LogP contribution in [0.3, 0.4) is 0 Å². The van der Waals surface area contributed by atoms with E-state index in [9.17, 15) is 9.59 Å². The summed E-state index contributed by atoms with van der Waals surface area (Å²) in [5.41, 5.74) is 1.25. The van der Waals surface area contributed by atoms with E-state index in [1.165, 1.54) is 5.56 Å². The molecule has 0 radical (unpaired) electrons. The van der Waals surface area contributed by atoms with E-state index in [4.69, 9.17) is 9.84 Å². The zero-order chi connectivity index (χ0) is 16.5. The quantitative estimate of drug-likeness (QED) is 0.747. The number of carbonyl (C=O) groups excluding carboxylic acids is 1. The van der Waals surface area contributed by atoms with Gasteiger partial charge in [0.25, 0.3) is 0 Å². The molecular formula is C18H25NO4. The minimum atomic E-state index is -0.799. The molecule has 1 unspecified atom stereocenters. The van der Waals surface area contributed by atoms with Gasteiger partial charge < -0.3 is 14.7 Å². The predicted molar refractivity (Wildman–Crippen MR) is 87.1 cm³/mol. The van der Waals surface area contributed by atoms with Crippen molar-refractivity contribution in [3.05, 3.63) is 35.9 Å². The molecule has 1 aliphatic rings. The van der Waals surface area contributed by atoms with Crippen LogP contribution >= 0.6 is 0 Å². The average molecular weight is 319 g/mol. The third kappa shape index (κ3) is 6.02. The Morgan fingerprint density at radius 3 is 2.74 bits per heavy atom. The van der Waals surface area contributed by atoms with Gasteiger partial charge >= 0.3 is 5.97 Å². The molecule has 0 saturated carbocycles. The van der Waals surface area contributed by atoms with Gasteiger partial charge in [0.05, 0.1) is 12.5 Å². The molecular weight excluding hydrogens is 294 g/mol. The molecule has 126 valence electrons. The Balaban J connectivity index is 1.57. The SMILES string of the molecule is O=C(O)C1CCCN(C(=O)CCCOCCc2ccccc2)C1. The summed E-state index contributed by atoms with van der Waals surface area (Å²) in [6.07, 6.45) is 3.43. The predicted octanol–water partition coefficient (Wildman–Crippen LogP) is 2.35. The molecule has 0 aliphatic carbocycles. The fourth-order valence-electron chi connectivity index (χ4n) is 2.83. The number of likely N-dealkylation sites (tertiary alicyclic amines) is 1. The smallest absolute Gasteiger partial charge is 0.308 e. The van der Waals surface area contributed by atoms with Gasteiger partial charge in [-0.3, -0.25) is 9.59 Å². The first-order valence-electron chi connectivity index (χ1n) is 8.29. The van der Waals surface area contributed by atoms with Crippen LogP contribution in [0.4, 0.5) is 0 Å². The van der Waals surface area contributed by atoms with Gasteiger partial charge in [-0.25, -0.2) is 0 Å². The molecule has 1 N–H and O–H groups in total. The third-order valence-corrected chi connectivity index (χ3v) is 4.18. The van der Waals surface area contributed by atoms with Crippen LogP contribution in [-0.4, -0.2) is 48.2 Å². The molecule has 23 heavy (non-hydrogen) atoms. The van der Waals surface area contributed by atoms with Crippen LogP contribution in [-0.2, 0) is 20.7 Å². The van der Waals surface area contributed by atoms with Gasteiger partial charge in [0.15, 0.2) is 0 Å². The van der Waals surface area contributed by atoms with E-state index in [1.807, 2.05) is 18.2 Å². The number of rotatable bonds is 8. The average Bonchev–Trinajstić information content (AvgIpc) is 2.58. The topological polar surface area (TPSA) is 66.8 Å². The van der Waals surface area contributed by atoms with Gasteiger partial charge in [0, 0.05) is 26.1 Å². The minimum Gasteiger partial charge on any atom is -0.481 e. The summed E-state index contributed by atoms with van der Waals surface area (Å²) < 4.78 is 5.57. The highest BCUT2D eigenvalue weighted by Gasteiger charge is 2.27. The Labute approximate surface area is 137 Å². The molecule has 5 heteroatoms. The Morgan fingerprint density at radius 2 is 2.00 bits per heavy atom. The van der Waals surface area contributed by atoms with Crippen molar-refractivity contribution in [1.29, 1.82) is 0 Å². The fraction of sp³-hybridized carbons (Fsp3) is 0.556. The van der Waals surface area contributed by atoms with Crippen LogP contribution in [0.5, 0.6) is 0 Å². The lowest BCUT2D eigenvalue weighted by Crippen LogP contribution is -2.42. The Hall–Kier alpha value is -1.88. The summed E-state index contributed by atoms with van der Waals surface area (Å²) in [6, 6.07) is 10.2. The lowest BCUT2D eigenvalue weighted by molar-refractivity contribution is -0.145. The first-order valence-corrected chi connectivity index (χ1v) is 8.29. The number of nitrogens with zero attached hydrogens (tertiary/aromatic N) is 1. The number of benzene rings is 1. The van der Waals surface area contributed by atoms with Crippen molar-refractivity contribution in [3.63, 3.8) is 0 Å². The van der Waals surface area contributed by atoms with Gasteiger partial charge in [0.2, 0.25) is 5.91 Å². The number of hydrogen-bond donors (Lipinski definition) is 1. The van der Waals surface area contributed by atoms with E-state index in [2.05, 4.69) is 12.1 Å². The van der Waals surface area contributed by atoms with Gasteiger partial charge in [-0.2, -0.15) is 0 Å². The number of hydrogen-bond acceptors (Lipinski definition) is 3. The lowest BCUT2D eigenvalue weighted by atomic mass is 9.98. The van der Waals surface area contributed by atoms with Crippen molar-refractivity contribution in [2.75, 3.05) is 26.3 Å². The molecule has 1 aliphatic heterocycles. The van der Waals surface area contributed by atoms with Gasteiger partial charge in [-0.15, -0.1) is 0 Å². The highest BCUT2D eigenvalue weighted by Crippen LogP contribution is 2.17. The summed E-state index contributed by atoms with van der Waals surface area (Å²) in [4.78, 5) is 24.8. The van der Waals surface area contributed by atoms with Crippen LogP contribution in [0.2, 0.25) is 0 Å². The van der Waals surface area contributed by atoms with E-state index < -0.39 is 11.9 Å². The molecule has 1 saturated heterocycles. The summed E-state index contributed by atoms with van der Waals surface area (Å²) in [5, 5.41) is 9.05. The first kappa shape index (κ1) is 17.5. The van der Waals surface area contributed by atoms with Crippen molar-refractivity contribution in [3.8, 4) is 0 Å². The summed E-state index contributed by atoms with van der Waals surface area (Å²) >= 11 is 0. The summed E-state index contributed by atoms with van der Waals surface area (Å²) in [6.45, 7) is 2.25. The number of carboxylic acid groups (broad SMARTS) is 1. The second kappa shape index (κ2) is 9.30. The summed E-state index contributed by atoms with van der Waals surface area (Å²) in [7, 11) is 0. The van der Waals surface area contributed by atoms with E-state index in [-0.39, 0.29) is 5.91 Å². The van der Waals surface area contributed by atoms with Crippen LogP contribution in [0.15, 0.2) is 30.3 Å². The largest absolute Gasteiger partial charge is 0.481 e. The van der Waals surface area contributed by atoms with Gasteiger partial charge in [0.1, 0.15) is 0 Å². The highest BCUT2D eigenvalue weighted by molar-refractivity contribution is 5.78. The number of ether oxygens (including phenoxy) is 1. The molecule has 5 nitrogen and oxygen atoms in total.